The van der Waals surface area contributed by atoms with Gasteiger partial charge in [-0.1, -0.05) is 42.5 Å². The summed E-state index contributed by atoms with van der Waals surface area (Å²) in [6.07, 6.45) is -4.05. The molecule has 0 radical (unpaired) electrons. The fourth-order valence-electron chi connectivity index (χ4n) is 2.06. The van der Waals surface area contributed by atoms with Gasteiger partial charge in [-0.3, -0.25) is 14.5 Å². The molecule has 1 aromatic rings. The van der Waals surface area contributed by atoms with Gasteiger partial charge in [0.1, 0.15) is 10.9 Å². The number of carbonyl (C=O) groups is 2. The molecule has 1 N–H and O–H groups in total. The lowest BCUT2D eigenvalue weighted by Gasteiger charge is -2.16. The number of nitrogens with zero attached hydrogens (tertiary/aromatic N) is 1. The van der Waals surface area contributed by atoms with Crippen molar-refractivity contribution in [2.24, 2.45) is 0 Å². The standard InChI is InChI=1S/C14H12ClF3N2O2S2/c1-2-10-12(22)20(13(23)24-10)6-11(21)19-7-3-4-9(15)8(5-7)14(16,17)18/h3-5,10H,2,6H2,1H3,(H,19,21). The molecule has 1 atom stereocenters. The molecule has 1 fully saturated rings. The molecule has 4 nitrogen and oxygen atoms in total. The lowest BCUT2D eigenvalue weighted by Crippen LogP contribution is -2.38. The van der Waals surface area contributed by atoms with E-state index in [4.69, 9.17) is 23.8 Å². The zero-order chi connectivity index (χ0) is 18.1. The predicted octanol–water partition coefficient (Wildman–Crippen LogP) is 3.94. The summed E-state index contributed by atoms with van der Waals surface area (Å²) in [6, 6.07) is 3.05. The van der Waals surface area contributed by atoms with E-state index < -0.39 is 22.7 Å². The predicted molar refractivity (Wildman–Crippen MR) is 91.1 cm³/mol. The van der Waals surface area contributed by atoms with Crippen LogP contribution in [0.2, 0.25) is 5.02 Å². The molecule has 1 heterocycles. The van der Waals surface area contributed by atoms with Crippen LogP contribution < -0.4 is 5.32 Å². The maximum atomic E-state index is 12.8. The summed E-state index contributed by atoms with van der Waals surface area (Å²) >= 11 is 11.8. The minimum atomic E-state index is -4.63. The maximum Gasteiger partial charge on any atom is 0.417 e. The molecule has 10 heteroatoms. The SMILES string of the molecule is CCC1SC(=S)N(CC(=O)Nc2ccc(Cl)c(C(F)(F)F)c2)C1=O. The van der Waals surface area contributed by atoms with Crippen molar-refractivity contribution in [2.45, 2.75) is 24.8 Å². The highest BCUT2D eigenvalue weighted by Crippen LogP contribution is 2.36. The van der Waals surface area contributed by atoms with Crippen molar-refractivity contribution in [3.63, 3.8) is 0 Å². The molecule has 1 aromatic carbocycles. The second-order valence-corrected chi connectivity index (χ2v) is 7.19. The molecule has 0 aliphatic carbocycles. The van der Waals surface area contributed by atoms with Gasteiger partial charge in [-0.2, -0.15) is 13.2 Å². The number of halogens is 4. The Labute approximate surface area is 150 Å². The van der Waals surface area contributed by atoms with E-state index in [9.17, 15) is 22.8 Å². The molecule has 0 saturated carbocycles. The first-order valence-corrected chi connectivity index (χ1v) is 8.48. The number of amides is 2. The van der Waals surface area contributed by atoms with Crippen LogP contribution in [0.4, 0.5) is 18.9 Å². The van der Waals surface area contributed by atoms with Gasteiger partial charge in [0.25, 0.3) is 0 Å². The van der Waals surface area contributed by atoms with E-state index in [0.29, 0.717) is 6.42 Å². The minimum absolute atomic E-state index is 0.0611. The van der Waals surface area contributed by atoms with Crippen LogP contribution in [-0.2, 0) is 15.8 Å². The number of thioether (sulfide) groups is 1. The highest BCUT2D eigenvalue weighted by Gasteiger charge is 2.37. The van der Waals surface area contributed by atoms with E-state index in [1.54, 1.807) is 0 Å². The van der Waals surface area contributed by atoms with E-state index in [1.165, 1.54) is 17.8 Å². The normalized spacial score (nSPS) is 18.2. The second kappa shape index (κ2) is 7.28. The molecule has 1 saturated heterocycles. The average molecular weight is 397 g/mol. The minimum Gasteiger partial charge on any atom is -0.325 e. The fourth-order valence-corrected chi connectivity index (χ4v) is 3.71. The lowest BCUT2D eigenvalue weighted by molar-refractivity contribution is -0.137. The smallest absolute Gasteiger partial charge is 0.325 e. The van der Waals surface area contributed by atoms with Gasteiger partial charge in [0.15, 0.2) is 0 Å². The zero-order valence-electron chi connectivity index (χ0n) is 12.3. The fraction of sp³-hybridized carbons (Fsp3) is 0.357. The molecule has 1 unspecified atom stereocenters. The van der Waals surface area contributed by atoms with E-state index in [0.717, 1.165) is 17.0 Å². The highest BCUT2D eigenvalue weighted by atomic mass is 35.5. The highest BCUT2D eigenvalue weighted by molar-refractivity contribution is 8.24. The number of anilines is 1. The van der Waals surface area contributed by atoms with Crippen molar-refractivity contribution in [1.29, 1.82) is 0 Å². The summed E-state index contributed by atoms with van der Waals surface area (Å²) in [5.74, 6) is -0.909. The Balaban J connectivity index is 2.08. The van der Waals surface area contributed by atoms with Crippen LogP contribution in [0.5, 0.6) is 0 Å². The molecular weight excluding hydrogens is 385 g/mol. The van der Waals surface area contributed by atoms with Crippen molar-refractivity contribution >= 4 is 57.4 Å². The van der Waals surface area contributed by atoms with Crippen LogP contribution in [0.3, 0.4) is 0 Å². The molecule has 1 aliphatic heterocycles. The van der Waals surface area contributed by atoms with Gasteiger partial charge in [0.05, 0.1) is 15.8 Å². The first-order chi connectivity index (χ1) is 11.1. The molecule has 130 valence electrons. The van der Waals surface area contributed by atoms with Gasteiger partial charge in [-0.25, -0.2) is 0 Å². The van der Waals surface area contributed by atoms with Gasteiger partial charge < -0.3 is 5.32 Å². The largest absolute Gasteiger partial charge is 0.417 e. The van der Waals surface area contributed by atoms with Crippen LogP contribution in [0.15, 0.2) is 18.2 Å². The molecule has 1 aliphatic rings. The molecule has 0 spiro atoms. The Morgan fingerprint density at radius 3 is 2.67 bits per heavy atom. The van der Waals surface area contributed by atoms with Gasteiger partial charge in [-0.15, -0.1) is 0 Å². The molecule has 24 heavy (non-hydrogen) atoms. The summed E-state index contributed by atoms with van der Waals surface area (Å²) < 4.78 is 38.7. The van der Waals surface area contributed by atoms with Crippen LogP contribution in [0.25, 0.3) is 0 Å². The zero-order valence-corrected chi connectivity index (χ0v) is 14.7. The van der Waals surface area contributed by atoms with Gasteiger partial charge in [-0.05, 0) is 24.6 Å². The third-order valence-corrected chi connectivity index (χ3v) is 5.31. The second-order valence-electron chi connectivity index (χ2n) is 4.95. The Morgan fingerprint density at radius 1 is 1.46 bits per heavy atom. The van der Waals surface area contributed by atoms with E-state index in [1.807, 2.05) is 6.92 Å². The van der Waals surface area contributed by atoms with Crippen LogP contribution in [0, 0.1) is 0 Å². The third kappa shape index (κ3) is 4.20. The van der Waals surface area contributed by atoms with Crippen molar-refractivity contribution in [1.82, 2.24) is 4.90 Å². The number of carbonyl (C=O) groups excluding carboxylic acids is 2. The van der Waals surface area contributed by atoms with Gasteiger partial charge in [0.2, 0.25) is 11.8 Å². The van der Waals surface area contributed by atoms with E-state index in [2.05, 4.69) is 5.32 Å². The molecular formula is C14H12ClF3N2O2S2. The van der Waals surface area contributed by atoms with Crippen molar-refractivity contribution in [3.05, 3.63) is 28.8 Å². The first kappa shape index (κ1) is 19.0. The summed E-state index contributed by atoms with van der Waals surface area (Å²) in [5.41, 5.74) is -1.11. The van der Waals surface area contributed by atoms with Crippen LogP contribution in [0.1, 0.15) is 18.9 Å². The van der Waals surface area contributed by atoms with Crippen LogP contribution in [-0.4, -0.2) is 32.8 Å². The van der Waals surface area contributed by atoms with Crippen molar-refractivity contribution in [3.8, 4) is 0 Å². The Morgan fingerprint density at radius 2 is 2.12 bits per heavy atom. The van der Waals surface area contributed by atoms with Crippen molar-refractivity contribution < 1.29 is 22.8 Å². The Kier molecular flexibility index (Phi) is 5.77. The summed E-state index contributed by atoms with van der Waals surface area (Å²) in [5, 5.41) is 1.54. The van der Waals surface area contributed by atoms with Gasteiger partial charge >= 0.3 is 6.18 Å². The summed E-state index contributed by atoms with van der Waals surface area (Å²) in [4.78, 5) is 25.2. The third-order valence-electron chi connectivity index (χ3n) is 3.23. The average Bonchev–Trinajstić information content (AvgIpc) is 2.75. The quantitative estimate of drug-likeness (QED) is 0.783. The number of rotatable bonds is 4. The molecule has 0 aromatic heterocycles. The number of nitrogens with one attached hydrogen (secondary N) is 1. The Hall–Kier alpha value is -1.32. The summed E-state index contributed by atoms with van der Waals surface area (Å²) in [6.45, 7) is 1.49. The lowest BCUT2D eigenvalue weighted by atomic mass is 10.2. The molecule has 2 rings (SSSR count). The number of hydrogen-bond acceptors (Lipinski definition) is 4. The number of hydrogen-bond donors (Lipinski definition) is 1. The van der Waals surface area contributed by atoms with E-state index in [-0.39, 0.29) is 27.7 Å². The monoisotopic (exact) mass is 396 g/mol. The van der Waals surface area contributed by atoms with Crippen molar-refractivity contribution in [2.75, 3.05) is 11.9 Å². The number of thiocarbonyl (C=S) groups is 1. The first-order valence-electron chi connectivity index (χ1n) is 6.82. The molecule has 0 bridgehead atoms. The summed E-state index contributed by atoms with van der Waals surface area (Å²) in [7, 11) is 0. The Bertz CT molecular complexity index is 697. The van der Waals surface area contributed by atoms with Gasteiger partial charge in [0, 0.05) is 5.69 Å². The molecule has 2 amide bonds. The van der Waals surface area contributed by atoms with E-state index >= 15 is 0 Å². The maximum absolute atomic E-state index is 12.8. The topological polar surface area (TPSA) is 49.4 Å². The number of benzene rings is 1. The number of alkyl halides is 3. The van der Waals surface area contributed by atoms with Crippen LogP contribution >= 0.6 is 35.6 Å².